The summed E-state index contributed by atoms with van der Waals surface area (Å²) in [4.78, 5) is 72.8. The fraction of sp³-hybridized carbons (Fsp3) is 0.948. The molecule has 17 nitrogen and oxygen atoms in total. The van der Waals surface area contributed by atoms with E-state index in [-0.39, 0.29) is 25.7 Å². The van der Waals surface area contributed by atoms with Crippen LogP contribution >= 0.6 is 15.6 Å². The summed E-state index contributed by atoms with van der Waals surface area (Å²) < 4.78 is 68.5. The van der Waals surface area contributed by atoms with E-state index in [0.717, 1.165) is 120 Å². The van der Waals surface area contributed by atoms with Gasteiger partial charge in [0.15, 0.2) is 12.2 Å². The lowest BCUT2D eigenvalue weighted by Gasteiger charge is -2.21. The zero-order valence-electron chi connectivity index (χ0n) is 63.0. The van der Waals surface area contributed by atoms with Gasteiger partial charge in [-0.25, -0.2) is 9.13 Å². The molecule has 0 heterocycles. The van der Waals surface area contributed by atoms with Gasteiger partial charge in [0.05, 0.1) is 26.4 Å². The van der Waals surface area contributed by atoms with Gasteiger partial charge < -0.3 is 33.8 Å². The molecule has 0 aromatic carbocycles. The van der Waals surface area contributed by atoms with E-state index in [0.29, 0.717) is 25.7 Å². The third-order valence-electron chi connectivity index (χ3n) is 18.5. The predicted molar refractivity (Wildman–Crippen MR) is 391 cm³/mol. The Hall–Kier alpha value is -1.94. The van der Waals surface area contributed by atoms with Crippen LogP contribution < -0.4 is 0 Å². The Morgan fingerprint density at radius 3 is 0.740 bits per heavy atom. The van der Waals surface area contributed by atoms with Crippen molar-refractivity contribution in [2.45, 2.75) is 408 Å². The average Bonchev–Trinajstić information content (AvgIpc) is 2.20. The van der Waals surface area contributed by atoms with Crippen molar-refractivity contribution in [1.29, 1.82) is 0 Å². The summed E-state index contributed by atoms with van der Waals surface area (Å²) in [5.41, 5.74) is 0. The van der Waals surface area contributed by atoms with E-state index in [1.165, 1.54) is 186 Å². The molecule has 570 valence electrons. The number of rotatable bonds is 74. The zero-order chi connectivity index (χ0) is 71.0. The number of unbranched alkanes of at least 4 members (excludes halogenated alkanes) is 38. The summed E-state index contributed by atoms with van der Waals surface area (Å²) in [6.07, 6.45) is 51.5. The fourth-order valence-electron chi connectivity index (χ4n) is 11.7. The quantitative estimate of drug-likeness (QED) is 0.0222. The molecule has 0 amide bonds. The highest BCUT2D eigenvalue weighted by Gasteiger charge is 2.30. The summed E-state index contributed by atoms with van der Waals surface area (Å²) in [6, 6.07) is 0. The van der Waals surface area contributed by atoms with Crippen molar-refractivity contribution in [1.82, 2.24) is 0 Å². The number of hydrogen-bond acceptors (Lipinski definition) is 15. The van der Waals surface area contributed by atoms with Crippen LogP contribution in [0.15, 0.2) is 0 Å². The molecule has 0 saturated carbocycles. The van der Waals surface area contributed by atoms with Gasteiger partial charge in [-0.05, 0) is 49.4 Å². The summed E-state index contributed by atoms with van der Waals surface area (Å²) in [7, 11) is -9.91. The summed E-state index contributed by atoms with van der Waals surface area (Å²) >= 11 is 0. The molecule has 0 rings (SSSR count). The minimum absolute atomic E-state index is 0.104. The highest BCUT2D eigenvalue weighted by molar-refractivity contribution is 7.47. The molecule has 0 aliphatic carbocycles. The number of phosphoric ester groups is 2. The molecule has 0 aliphatic rings. The van der Waals surface area contributed by atoms with Crippen LogP contribution in [0.3, 0.4) is 0 Å². The molecule has 0 spiro atoms. The maximum absolute atomic E-state index is 13.1. The third kappa shape index (κ3) is 67.9. The number of hydrogen-bond donors (Lipinski definition) is 3. The lowest BCUT2D eigenvalue weighted by atomic mass is 9.99. The Kier molecular flexibility index (Phi) is 65.0. The van der Waals surface area contributed by atoms with E-state index in [1.54, 1.807) is 0 Å². The van der Waals surface area contributed by atoms with E-state index >= 15 is 0 Å². The van der Waals surface area contributed by atoms with Gasteiger partial charge in [0.1, 0.15) is 19.3 Å². The van der Waals surface area contributed by atoms with Crippen LogP contribution in [0.2, 0.25) is 0 Å². The number of phosphoric acid groups is 2. The molecule has 96 heavy (non-hydrogen) atoms. The van der Waals surface area contributed by atoms with Crippen molar-refractivity contribution in [3.63, 3.8) is 0 Å². The molecule has 19 heteroatoms. The normalized spacial score (nSPS) is 14.7. The number of ether oxygens (including phenoxy) is 4. The van der Waals surface area contributed by atoms with Gasteiger partial charge in [-0.1, -0.05) is 338 Å². The molecule has 0 fully saturated rings. The van der Waals surface area contributed by atoms with Gasteiger partial charge in [0.25, 0.3) is 0 Å². The summed E-state index contributed by atoms with van der Waals surface area (Å²) in [5.74, 6) is 0.959. The van der Waals surface area contributed by atoms with Gasteiger partial charge in [-0.2, -0.15) is 0 Å². The molecule has 4 unspecified atom stereocenters. The number of aliphatic hydroxyl groups is 1. The second-order valence-electron chi connectivity index (χ2n) is 29.2. The number of aliphatic hydroxyl groups excluding tert-OH is 1. The average molecular weight is 1410 g/mol. The van der Waals surface area contributed by atoms with E-state index in [9.17, 15) is 43.2 Å². The van der Waals surface area contributed by atoms with Crippen molar-refractivity contribution in [3.05, 3.63) is 0 Å². The van der Waals surface area contributed by atoms with Crippen molar-refractivity contribution in [2.24, 2.45) is 23.7 Å². The van der Waals surface area contributed by atoms with Crippen LogP contribution in [0.1, 0.15) is 389 Å². The number of esters is 4. The van der Waals surface area contributed by atoms with Crippen molar-refractivity contribution in [3.8, 4) is 0 Å². The maximum Gasteiger partial charge on any atom is 0.472 e. The monoisotopic (exact) mass is 1410 g/mol. The maximum atomic E-state index is 13.1. The van der Waals surface area contributed by atoms with Crippen LogP contribution in [0, 0.1) is 23.7 Å². The first-order valence-corrected chi connectivity index (χ1v) is 42.8. The first kappa shape index (κ1) is 94.1. The molecule has 0 aromatic rings. The van der Waals surface area contributed by atoms with Gasteiger partial charge >= 0.3 is 39.5 Å². The van der Waals surface area contributed by atoms with E-state index < -0.39 is 97.5 Å². The van der Waals surface area contributed by atoms with Crippen LogP contribution in [0.25, 0.3) is 0 Å². The fourth-order valence-corrected chi connectivity index (χ4v) is 13.2. The van der Waals surface area contributed by atoms with Crippen LogP contribution in [0.4, 0.5) is 0 Å². The minimum atomic E-state index is -4.96. The molecule has 0 aliphatic heterocycles. The Morgan fingerprint density at radius 2 is 0.500 bits per heavy atom. The molecule has 7 atom stereocenters. The lowest BCUT2D eigenvalue weighted by molar-refractivity contribution is -0.161. The minimum Gasteiger partial charge on any atom is -0.462 e. The second kappa shape index (κ2) is 66.3. The van der Waals surface area contributed by atoms with Crippen molar-refractivity contribution >= 4 is 39.5 Å². The Morgan fingerprint density at radius 1 is 0.292 bits per heavy atom. The Labute approximate surface area is 588 Å². The first-order valence-electron chi connectivity index (χ1n) is 39.8. The zero-order valence-corrected chi connectivity index (χ0v) is 64.8. The topological polar surface area (TPSA) is 237 Å². The van der Waals surface area contributed by atoms with Gasteiger partial charge in [-0.15, -0.1) is 0 Å². The summed E-state index contributed by atoms with van der Waals surface area (Å²) in [6.45, 7) is 14.2. The largest absolute Gasteiger partial charge is 0.472 e. The molecule has 3 N–H and O–H groups in total. The van der Waals surface area contributed by atoms with E-state index in [1.807, 2.05) is 0 Å². The predicted octanol–water partition coefficient (Wildman–Crippen LogP) is 22.4. The van der Waals surface area contributed by atoms with Crippen LogP contribution in [-0.4, -0.2) is 96.7 Å². The molecule has 0 radical (unpaired) electrons. The summed E-state index contributed by atoms with van der Waals surface area (Å²) in [5, 5.41) is 10.6. The van der Waals surface area contributed by atoms with Gasteiger partial charge in [0, 0.05) is 25.7 Å². The highest BCUT2D eigenvalue weighted by Crippen LogP contribution is 2.45. The molecular weight excluding hydrogens is 1260 g/mol. The van der Waals surface area contributed by atoms with Crippen molar-refractivity contribution < 1.29 is 80.2 Å². The van der Waals surface area contributed by atoms with Crippen LogP contribution in [0.5, 0.6) is 0 Å². The van der Waals surface area contributed by atoms with Gasteiger partial charge in [0.2, 0.25) is 0 Å². The molecule has 0 bridgehead atoms. The van der Waals surface area contributed by atoms with E-state index in [4.69, 9.17) is 37.0 Å². The Bertz CT molecular complexity index is 1890. The SMILES string of the molecule is CCC(C)CCCCCCCCCCCCCCCCCCCCC(=O)O[C@H](COC(=O)CCCCCCCCCCCC(C)C)COP(=O)(O)OC[C@@H](O)COP(=O)(O)OC[C@@H](COC(=O)CCCCCCCCC(C)CC)OC(=O)CCCCCCCCCCCC(C)C. The first-order chi connectivity index (χ1) is 46.2. The lowest BCUT2D eigenvalue weighted by Crippen LogP contribution is -2.30. The smallest absolute Gasteiger partial charge is 0.462 e. The Balaban J connectivity index is 5.19. The standard InChI is InChI=1S/C77H150O17P2/c1-9-69(7)55-47-39-31-25-19-17-15-13-11-12-14-16-18-20-26-33-43-51-59-76(81)93-72(63-87-74(79)57-49-41-32-27-21-23-29-37-45-53-67(3)4)65-91-95(83,84)89-61-71(78)62-90-96(85,86)92-66-73(64-88-75(80)58-50-42-36-35-40-48-56-70(8)10-2)94-77(82)60-52-44-34-28-22-24-30-38-46-54-68(5)6/h67-73,78H,9-66H2,1-8H3,(H,83,84)(H,85,86)/t69?,70?,71-,72-,73-/m1/s1. The highest BCUT2D eigenvalue weighted by atomic mass is 31.2. The van der Waals surface area contributed by atoms with Crippen LogP contribution in [-0.2, 0) is 65.4 Å². The molecular formula is C77H150O17P2. The molecule has 0 aromatic heterocycles. The second-order valence-corrected chi connectivity index (χ2v) is 32.1. The third-order valence-corrected chi connectivity index (χ3v) is 20.4. The van der Waals surface area contributed by atoms with Crippen molar-refractivity contribution in [2.75, 3.05) is 39.6 Å². The molecule has 0 saturated heterocycles. The van der Waals surface area contributed by atoms with E-state index in [2.05, 4.69) is 55.4 Å². The number of carbonyl (C=O) groups is 4. The number of carbonyl (C=O) groups excluding carboxylic acids is 4. The van der Waals surface area contributed by atoms with Gasteiger partial charge in [-0.3, -0.25) is 37.3 Å².